The van der Waals surface area contributed by atoms with Gasteiger partial charge in [-0.2, -0.15) is 0 Å². The van der Waals surface area contributed by atoms with Crippen LogP contribution in [0, 0.1) is 21.8 Å². The Morgan fingerprint density at radius 2 is 1.82 bits per heavy atom. The summed E-state index contributed by atoms with van der Waals surface area (Å²) in [5, 5.41) is 13.4. The molecule has 0 aliphatic heterocycles. The molecule has 2 amide bonds. The molecule has 0 aliphatic carbocycles. The van der Waals surface area contributed by atoms with Crippen LogP contribution in [0.5, 0.6) is 0 Å². The number of hydrogen-bond donors (Lipinski definition) is 1. The number of carbonyl (C=O) groups excluding carboxylic acids is 3. The standard InChI is InChI=1S/C22H23ClFN3O6/c1-13(2)20(25-21(29)15-6-9-17(23)18(10-15)27(31)32)22(30)33-12-19(28)26(3)11-14-4-7-16(24)8-5-14/h4-10,13,20H,11-12H2,1-3H3,(H,25,29). The number of amides is 2. The first-order chi connectivity index (χ1) is 15.5. The Balaban J connectivity index is 1.98. The van der Waals surface area contributed by atoms with Crippen molar-refractivity contribution in [2.75, 3.05) is 13.7 Å². The van der Waals surface area contributed by atoms with Crippen LogP contribution in [-0.4, -0.2) is 47.3 Å². The van der Waals surface area contributed by atoms with Gasteiger partial charge in [0.05, 0.1) is 4.92 Å². The van der Waals surface area contributed by atoms with Gasteiger partial charge in [-0.25, -0.2) is 9.18 Å². The van der Waals surface area contributed by atoms with Gasteiger partial charge in [-0.1, -0.05) is 37.6 Å². The van der Waals surface area contributed by atoms with Crippen molar-refractivity contribution in [3.63, 3.8) is 0 Å². The first-order valence-corrected chi connectivity index (χ1v) is 10.3. The number of ether oxygens (including phenoxy) is 1. The second kappa shape index (κ2) is 11.4. The number of nitrogens with one attached hydrogen (secondary N) is 1. The van der Waals surface area contributed by atoms with Gasteiger partial charge in [-0.15, -0.1) is 0 Å². The number of likely N-dealkylation sites (N-methyl/N-ethyl adjacent to an activating group) is 1. The van der Waals surface area contributed by atoms with E-state index in [1.54, 1.807) is 13.8 Å². The number of esters is 1. The Hall–Kier alpha value is -3.53. The summed E-state index contributed by atoms with van der Waals surface area (Å²) < 4.78 is 18.1. The molecule has 0 aromatic heterocycles. The molecule has 1 unspecified atom stereocenters. The highest BCUT2D eigenvalue weighted by Gasteiger charge is 2.28. The lowest BCUT2D eigenvalue weighted by Crippen LogP contribution is -2.46. The minimum Gasteiger partial charge on any atom is -0.454 e. The van der Waals surface area contributed by atoms with Gasteiger partial charge in [0.1, 0.15) is 16.9 Å². The predicted molar refractivity (Wildman–Crippen MR) is 118 cm³/mol. The summed E-state index contributed by atoms with van der Waals surface area (Å²) in [5.74, 6) is -2.84. The molecule has 0 heterocycles. The molecular formula is C22H23ClFN3O6. The number of nitro benzene ring substituents is 1. The molecule has 33 heavy (non-hydrogen) atoms. The van der Waals surface area contributed by atoms with E-state index in [0.29, 0.717) is 5.56 Å². The highest BCUT2D eigenvalue weighted by molar-refractivity contribution is 6.32. The molecule has 2 aromatic rings. The van der Waals surface area contributed by atoms with Crippen LogP contribution in [0.3, 0.4) is 0 Å². The molecule has 0 spiro atoms. The third-order valence-corrected chi connectivity index (χ3v) is 5.03. The molecule has 2 rings (SSSR count). The summed E-state index contributed by atoms with van der Waals surface area (Å²) in [4.78, 5) is 49.0. The fourth-order valence-corrected chi connectivity index (χ4v) is 2.99. The van der Waals surface area contributed by atoms with E-state index >= 15 is 0 Å². The second-order valence-corrected chi connectivity index (χ2v) is 8.01. The molecule has 11 heteroatoms. The molecule has 2 aromatic carbocycles. The highest BCUT2D eigenvalue weighted by atomic mass is 35.5. The maximum atomic E-state index is 13.0. The van der Waals surface area contributed by atoms with Crippen LogP contribution in [0.2, 0.25) is 5.02 Å². The first-order valence-electron chi connectivity index (χ1n) is 9.89. The van der Waals surface area contributed by atoms with Gasteiger partial charge in [-0.3, -0.25) is 19.7 Å². The van der Waals surface area contributed by atoms with Gasteiger partial charge in [0.2, 0.25) is 0 Å². The zero-order chi connectivity index (χ0) is 24.7. The monoisotopic (exact) mass is 479 g/mol. The SMILES string of the molecule is CC(C)C(NC(=O)c1ccc(Cl)c([N+](=O)[O-])c1)C(=O)OCC(=O)N(C)Cc1ccc(F)cc1. The Kier molecular flexibility index (Phi) is 8.86. The lowest BCUT2D eigenvalue weighted by molar-refractivity contribution is -0.384. The average Bonchev–Trinajstić information content (AvgIpc) is 2.76. The van der Waals surface area contributed by atoms with Crippen molar-refractivity contribution in [3.8, 4) is 0 Å². The van der Waals surface area contributed by atoms with Crippen LogP contribution >= 0.6 is 11.6 Å². The molecule has 0 bridgehead atoms. The Morgan fingerprint density at radius 1 is 1.18 bits per heavy atom. The van der Waals surface area contributed by atoms with Crippen LogP contribution in [0.1, 0.15) is 29.8 Å². The van der Waals surface area contributed by atoms with Crippen molar-refractivity contribution in [1.82, 2.24) is 10.2 Å². The molecule has 0 fully saturated rings. The smallest absolute Gasteiger partial charge is 0.329 e. The third kappa shape index (κ3) is 7.25. The van der Waals surface area contributed by atoms with Crippen molar-refractivity contribution in [2.24, 2.45) is 5.92 Å². The van der Waals surface area contributed by atoms with E-state index in [1.165, 1.54) is 48.3 Å². The van der Waals surface area contributed by atoms with E-state index in [2.05, 4.69) is 5.32 Å². The van der Waals surface area contributed by atoms with E-state index in [1.807, 2.05) is 0 Å². The number of rotatable bonds is 9. The molecule has 9 nitrogen and oxygen atoms in total. The number of hydrogen-bond acceptors (Lipinski definition) is 6. The number of halogens is 2. The Bertz CT molecular complexity index is 1040. The van der Waals surface area contributed by atoms with E-state index in [0.717, 1.165) is 6.07 Å². The molecule has 0 aliphatic rings. The normalized spacial score (nSPS) is 11.6. The minimum atomic E-state index is -1.09. The van der Waals surface area contributed by atoms with Gasteiger partial charge >= 0.3 is 5.97 Å². The van der Waals surface area contributed by atoms with Crippen molar-refractivity contribution in [2.45, 2.75) is 26.4 Å². The summed E-state index contributed by atoms with van der Waals surface area (Å²) >= 11 is 5.76. The van der Waals surface area contributed by atoms with Crippen LogP contribution in [0.25, 0.3) is 0 Å². The van der Waals surface area contributed by atoms with E-state index in [4.69, 9.17) is 16.3 Å². The van der Waals surface area contributed by atoms with Gasteiger partial charge < -0.3 is 15.0 Å². The van der Waals surface area contributed by atoms with E-state index in [9.17, 15) is 28.9 Å². The quantitative estimate of drug-likeness (QED) is 0.334. The third-order valence-electron chi connectivity index (χ3n) is 4.71. The van der Waals surface area contributed by atoms with E-state index < -0.39 is 52.8 Å². The fourth-order valence-electron chi connectivity index (χ4n) is 2.80. The van der Waals surface area contributed by atoms with Crippen LogP contribution in [0.4, 0.5) is 10.1 Å². The van der Waals surface area contributed by atoms with Gasteiger partial charge in [0.15, 0.2) is 6.61 Å². The second-order valence-electron chi connectivity index (χ2n) is 7.60. The minimum absolute atomic E-state index is 0.0559. The molecule has 176 valence electrons. The summed E-state index contributed by atoms with van der Waals surface area (Å²) in [7, 11) is 1.51. The van der Waals surface area contributed by atoms with Crippen LogP contribution < -0.4 is 5.32 Å². The predicted octanol–water partition coefficient (Wildman–Crippen LogP) is 3.34. The zero-order valence-corrected chi connectivity index (χ0v) is 19.0. The largest absolute Gasteiger partial charge is 0.454 e. The number of nitro groups is 1. The average molecular weight is 480 g/mol. The Morgan fingerprint density at radius 3 is 2.39 bits per heavy atom. The van der Waals surface area contributed by atoms with Crippen molar-refractivity contribution in [1.29, 1.82) is 0 Å². The number of benzene rings is 2. The molecule has 1 N–H and O–H groups in total. The van der Waals surface area contributed by atoms with Gasteiger partial charge in [-0.05, 0) is 35.7 Å². The molecule has 1 atom stereocenters. The summed E-state index contributed by atoms with van der Waals surface area (Å²) in [6.07, 6.45) is 0. The molecule has 0 saturated heterocycles. The van der Waals surface area contributed by atoms with Crippen LogP contribution in [-0.2, 0) is 20.9 Å². The molecular weight excluding hydrogens is 457 g/mol. The van der Waals surface area contributed by atoms with Gasteiger partial charge in [0, 0.05) is 25.2 Å². The van der Waals surface area contributed by atoms with Crippen molar-refractivity contribution >= 4 is 35.1 Å². The highest BCUT2D eigenvalue weighted by Crippen LogP contribution is 2.25. The number of carbonyl (C=O) groups is 3. The summed E-state index contributed by atoms with van der Waals surface area (Å²) in [5.41, 5.74) is 0.199. The maximum absolute atomic E-state index is 13.0. The summed E-state index contributed by atoms with van der Waals surface area (Å²) in [6, 6.07) is 8.05. The topological polar surface area (TPSA) is 119 Å². The summed E-state index contributed by atoms with van der Waals surface area (Å²) in [6.45, 7) is 2.97. The zero-order valence-electron chi connectivity index (χ0n) is 18.2. The molecule has 0 radical (unpaired) electrons. The lowest BCUT2D eigenvalue weighted by Gasteiger charge is -2.22. The molecule has 0 saturated carbocycles. The van der Waals surface area contributed by atoms with Crippen LogP contribution in [0.15, 0.2) is 42.5 Å². The lowest BCUT2D eigenvalue weighted by atomic mass is 10.0. The maximum Gasteiger partial charge on any atom is 0.329 e. The van der Waals surface area contributed by atoms with Crippen molar-refractivity contribution < 1.29 is 28.4 Å². The Labute approximate surface area is 194 Å². The van der Waals surface area contributed by atoms with Crippen molar-refractivity contribution in [3.05, 3.63) is 74.5 Å². The fraction of sp³-hybridized carbons (Fsp3) is 0.318. The van der Waals surface area contributed by atoms with Gasteiger partial charge in [0.25, 0.3) is 17.5 Å². The first kappa shape index (κ1) is 25.7. The number of nitrogens with zero attached hydrogens (tertiary/aromatic N) is 2. The van der Waals surface area contributed by atoms with E-state index in [-0.39, 0.29) is 17.1 Å².